The summed E-state index contributed by atoms with van der Waals surface area (Å²) in [4.78, 5) is 21.1. The molecule has 136 valence electrons. The molecule has 2 saturated heterocycles. The number of aromatic nitrogens is 1. The lowest BCUT2D eigenvalue weighted by Gasteiger charge is -2.49. The molecular weight excluding hydrogens is 348 g/mol. The zero-order valence-electron chi connectivity index (χ0n) is 14.6. The van der Waals surface area contributed by atoms with Crippen LogP contribution in [0.2, 0.25) is 0 Å². The number of fused-ring (bicyclic) bond motifs is 1. The largest absolute Gasteiger partial charge is 0.492 e. The van der Waals surface area contributed by atoms with E-state index in [0.29, 0.717) is 25.6 Å². The van der Waals surface area contributed by atoms with E-state index in [1.165, 1.54) is 16.9 Å². The topological polar surface area (TPSA) is 51.7 Å². The summed E-state index contributed by atoms with van der Waals surface area (Å²) in [5, 5.41) is 0. The van der Waals surface area contributed by atoms with Crippen LogP contribution in [0.25, 0.3) is 0 Å². The van der Waals surface area contributed by atoms with Crippen LogP contribution in [0.15, 0.2) is 30.6 Å². The van der Waals surface area contributed by atoms with Gasteiger partial charge in [0.1, 0.15) is 11.4 Å². The van der Waals surface area contributed by atoms with Crippen molar-refractivity contribution in [3.63, 3.8) is 0 Å². The Bertz CT molecular complexity index is 792. The van der Waals surface area contributed by atoms with Crippen molar-refractivity contribution in [2.24, 2.45) is 5.92 Å². The normalized spacial score (nSPS) is 23.1. The lowest BCUT2D eigenvalue weighted by molar-refractivity contribution is -0.122. The van der Waals surface area contributed by atoms with E-state index in [2.05, 4.69) is 11.1 Å². The Morgan fingerprint density at radius 1 is 1.42 bits per heavy atom. The number of hydrogen-bond donors (Lipinski definition) is 0. The number of thiophene rings is 1. The maximum atomic E-state index is 12.8. The second-order valence-corrected chi connectivity index (χ2v) is 8.61. The van der Waals surface area contributed by atoms with Crippen molar-refractivity contribution in [2.75, 3.05) is 26.3 Å². The smallest absolute Gasteiger partial charge is 0.264 e. The molecule has 4 heterocycles. The standard InChI is InChI=1S/C20H22N2O3S/c23-19(18-9-14-3-1-5-17(14)26-18)22-12-20(13-22)15(6-8-25-20)11-24-16-4-2-7-21-10-16/h2,4,7,9-10,15H,1,3,5-6,8,11-13H2/t15-/m1/s1. The summed E-state index contributed by atoms with van der Waals surface area (Å²) in [6.07, 6.45) is 7.94. The summed E-state index contributed by atoms with van der Waals surface area (Å²) >= 11 is 1.68. The van der Waals surface area contributed by atoms with E-state index < -0.39 is 0 Å². The Labute approximate surface area is 156 Å². The first-order valence-electron chi connectivity index (χ1n) is 9.31. The van der Waals surface area contributed by atoms with E-state index in [0.717, 1.165) is 36.5 Å². The van der Waals surface area contributed by atoms with Gasteiger partial charge in [-0.25, -0.2) is 0 Å². The van der Waals surface area contributed by atoms with Crippen molar-refractivity contribution in [3.05, 3.63) is 45.9 Å². The second kappa shape index (κ2) is 6.35. The molecule has 5 nitrogen and oxygen atoms in total. The van der Waals surface area contributed by atoms with Crippen LogP contribution < -0.4 is 4.74 Å². The van der Waals surface area contributed by atoms with E-state index >= 15 is 0 Å². The van der Waals surface area contributed by atoms with Gasteiger partial charge in [0.15, 0.2) is 0 Å². The van der Waals surface area contributed by atoms with Crippen molar-refractivity contribution in [2.45, 2.75) is 31.3 Å². The third-order valence-corrected chi connectivity index (χ3v) is 7.07. The summed E-state index contributed by atoms with van der Waals surface area (Å²) in [6, 6.07) is 5.90. The number of ether oxygens (including phenoxy) is 2. The summed E-state index contributed by atoms with van der Waals surface area (Å²) < 4.78 is 12.0. The number of pyridine rings is 1. The molecule has 0 aromatic carbocycles. The van der Waals surface area contributed by atoms with Gasteiger partial charge in [0.25, 0.3) is 5.91 Å². The number of amides is 1. The molecule has 0 radical (unpaired) electrons. The molecule has 1 aliphatic carbocycles. The van der Waals surface area contributed by atoms with Crippen LogP contribution in [0.1, 0.15) is 33.0 Å². The minimum atomic E-state index is -0.224. The van der Waals surface area contributed by atoms with Crippen molar-refractivity contribution >= 4 is 17.2 Å². The highest BCUT2D eigenvalue weighted by Gasteiger charge is 2.55. The van der Waals surface area contributed by atoms with Crippen molar-refractivity contribution in [3.8, 4) is 5.75 Å². The van der Waals surface area contributed by atoms with Crippen LogP contribution in [0.3, 0.4) is 0 Å². The Morgan fingerprint density at radius 2 is 2.35 bits per heavy atom. The Morgan fingerprint density at radius 3 is 3.15 bits per heavy atom. The van der Waals surface area contributed by atoms with Gasteiger partial charge in [-0.1, -0.05) is 0 Å². The number of aryl methyl sites for hydroxylation is 2. The van der Waals surface area contributed by atoms with Crippen LogP contribution in [0, 0.1) is 5.92 Å². The van der Waals surface area contributed by atoms with E-state index in [4.69, 9.17) is 9.47 Å². The molecule has 26 heavy (non-hydrogen) atoms. The summed E-state index contributed by atoms with van der Waals surface area (Å²) in [6.45, 7) is 2.71. The number of likely N-dealkylation sites (tertiary alicyclic amines) is 1. The Kier molecular flexibility index (Phi) is 3.98. The predicted octanol–water partition coefficient (Wildman–Crippen LogP) is 2.94. The zero-order valence-corrected chi connectivity index (χ0v) is 15.5. The number of nitrogens with zero attached hydrogens (tertiary/aromatic N) is 2. The molecule has 1 spiro atoms. The van der Waals surface area contributed by atoms with Gasteiger partial charge < -0.3 is 14.4 Å². The van der Waals surface area contributed by atoms with Gasteiger partial charge in [-0.15, -0.1) is 11.3 Å². The first kappa shape index (κ1) is 16.3. The van der Waals surface area contributed by atoms with E-state index in [1.54, 1.807) is 23.7 Å². The summed E-state index contributed by atoms with van der Waals surface area (Å²) in [5.41, 5.74) is 1.16. The number of carbonyl (C=O) groups is 1. The van der Waals surface area contributed by atoms with E-state index in [-0.39, 0.29) is 11.5 Å². The van der Waals surface area contributed by atoms with Crippen molar-refractivity contribution in [1.29, 1.82) is 0 Å². The molecular formula is C20H22N2O3S. The predicted molar refractivity (Wildman–Crippen MR) is 98.8 cm³/mol. The fourth-order valence-electron chi connectivity index (χ4n) is 4.33. The summed E-state index contributed by atoms with van der Waals surface area (Å²) in [7, 11) is 0. The van der Waals surface area contributed by atoms with Gasteiger partial charge in [-0.2, -0.15) is 0 Å². The van der Waals surface area contributed by atoms with Gasteiger partial charge in [0.05, 0.1) is 30.8 Å². The highest BCUT2D eigenvalue weighted by molar-refractivity contribution is 7.14. The van der Waals surface area contributed by atoms with Crippen LogP contribution in [0.4, 0.5) is 0 Å². The maximum absolute atomic E-state index is 12.8. The Balaban J connectivity index is 1.21. The molecule has 3 aliphatic rings. The van der Waals surface area contributed by atoms with E-state index in [9.17, 15) is 4.79 Å². The number of rotatable bonds is 4. The first-order valence-corrected chi connectivity index (χ1v) is 10.1. The van der Waals surface area contributed by atoms with Crippen LogP contribution in [0.5, 0.6) is 5.75 Å². The SMILES string of the molecule is O=C(c1cc2c(s1)CCC2)N1CC2(C1)OCC[C@@H]2COc1cccnc1. The molecule has 1 amide bonds. The molecule has 2 aromatic heterocycles. The third-order valence-electron chi connectivity index (χ3n) is 5.85. The zero-order chi connectivity index (χ0) is 17.6. The Hall–Kier alpha value is -1.92. The quantitative estimate of drug-likeness (QED) is 0.830. The molecule has 2 aliphatic heterocycles. The minimum absolute atomic E-state index is 0.164. The van der Waals surface area contributed by atoms with Crippen LogP contribution in [-0.4, -0.2) is 47.7 Å². The average Bonchev–Trinajstić information content (AvgIpc) is 3.32. The van der Waals surface area contributed by atoms with Gasteiger partial charge >= 0.3 is 0 Å². The van der Waals surface area contributed by atoms with Gasteiger partial charge in [0.2, 0.25) is 0 Å². The van der Waals surface area contributed by atoms with Crippen LogP contribution >= 0.6 is 11.3 Å². The number of hydrogen-bond acceptors (Lipinski definition) is 5. The molecule has 0 bridgehead atoms. The molecule has 0 unspecified atom stereocenters. The fourth-order valence-corrected chi connectivity index (χ4v) is 5.55. The summed E-state index contributed by atoms with van der Waals surface area (Å²) in [5.74, 6) is 1.27. The maximum Gasteiger partial charge on any atom is 0.264 e. The van der Waals surface area contributed by atoms with Crippen LogP contribution in [-0.2, 0) is 17.6 Å². The minimum Gasteiger partial charge on any atom is -0.492 e. The fraction of sp³-hybridized carbons (Fsp3) is 0.500. The van der Waals surface area contributed by atoms with Gasteiger partial charge in [-0.3, -0.25) is 9.78 Å². The van der Waals surface area contributed by atoms with Crippen molar-refractivity contribution in [1.82, 2.24) is 9.88 Å². The molecule has 2 fully saturated rings. The molecule has 0 saturated carbocycles. The second-order valence-electron chi connectivity index (χ2n) is 7.47. The third kappa shape index (κ3) is 2.72. The monoisotopic (exact) mass is 370 g/mol. The molecule has 0 N–H and O–H groups in total. The number of carbonyl (C=O) groups excluding carboxylic acids is 1. The molecule has 5 rings (SSSR count). The lowest BCUT2D eigenvalue weighted by Crippen LogP contribution is -2.66. The first-order chi connectivity index (χ1) is 12.7. The average molecular weight is 370 g/mol. The lowest BCUT2D eigenvalue weighted by atomic mass is 9.81. The van der Waals surface area contributed by atoms with Gasteiger partial charge in [0, 0.05) is 23.6 Å². The van der Waals surface area contributed by atoms with Crippen molar-refractivity contribution < 1.29 is 14.3 Å². The highest BCUT2D eigenvalue weighted by atomic mass is 32.1. The van der Waals surface area contributed by atoms with E-state index in [1.807, 2.05) is 17.0 Å². The molecule has 6 heteroatoms. The molecule has 2 aromatic rings. The molecule has 1 atom stereocenters. The highest BCUT2D eigenvalue weighted by Crippen LogP contribution is 2.41. The van der Waals surface area contributed by atoms with Gasteiger partial charge in [-0.05, 0) is 49.4 Å².